The van der Waals surface area contributed by atoms with E-state index >= 15 is 0 Å². The summed E-state index contributed by atoms with van der Waals surface area (Å²) >= 11 is 7.64. The number of hydrogen-bond donors (Lipinski definition) is 1. The molecular formula is C13H13ClN2S. The van der Waals surface area contributed by atoms with E-state index in [2.05, 4.69) is 11.9 Å². The lowest BCUT2D eigenvalue weighted by Gasteiger charge is -2.08. The van der Waals surface area contributed by atoms with E-state index in [0.29, 0.717) is 5.69 Å². The van der Waals surface area contributed by atoms with Gasteiger partial charge in [0.05, 0.1) is 17.6 Å². The Morgan fingerprint density at radius 3 is 2.71 bits per heavy atom. The lowest BCUT2D eigenvalue weighted by molar-refractivity contribution is 1.11. The molecule has 88 valence electrons. The van der Waals surface area contributed by atoms with E-state index in [-0.39, 0.29) is 0 Å². The summed E-state index contributed by atoms with van der Waals surface area (Å²) in [5.41, 5.74) is 8.60. The summed E-state index contributed by atoms with van der Waals surface area (Å²) in [4.78, 5) is 6.45. The average molecular weight is 265 g/mol. The zero-order valence-corrected chi connectivity index (χ0v) is 11.3. The van der Waals surface area contributed by atoms with Crippen molar-refractivity contribution in [3.8, 4) is 0 Å². The van der Waals surface area contributed by atoms with Crippen LogP contribution < -0.4 is 5.73 Å². The second-order valence-corrected chi connectivity index (χ2v) is 5.38. The van der Waals surface area contributed by atoms with Crippen LogP contribution in [0.15, 0.2) is 40.3 Å². The molecule has 0 spiro atoms. The number of hydrogen-bond acceptors (Lipinski definition) is 3. The molecule has 0 aliphatic heterocycles. The number of nitrogen functional groups attached to an aromatic ring is 1. The van der Waals surface area contributed by atoms with E-state index in [4.69, 9.17) is 17.3 Å². The van der Waals surface area contributed by atoms with Crippen molar-refractivity contribution in [2.75, 3.05) is 5.73 Å². The topological polar surface area (TPSA) is 38.9 Å². The van der Waals surface area contributed by atoms with Crippen molar-refractivity contribution < 1.29 is 0 Å². The van der Waals surface area contributed by atoms with Crippen LogP contribution in [0.25, 0.3) is 0 Å². The third-order valence-corrected chi connectivity index (χ3v) is 3.96. The summed E-state index contributed by atoms with van der Waals surface area (Å²) in [6.45, 7) is 4.04. The van der Waals surface area contributed by atoms with Crippen molar-refractivity contribution in [2.45, 2.75) is 23.6 Å². The Hall–Kier alpha value is -1.19. The Kier molecular flexibility index (Phi) is 3.60. The highest BCUT2D eigenvalue weighted by Crippen LogP contribution is 2.34. The number of pyridine rings is 1. The molecule has 1 aromatic carbocycles. The van der Waals surface area contributed by atoms with Crippen molar-refractivity contribution in [3.63, 3.8) is 0 Å². The van der Waals surface area contributed by atoms with Gasteiger partial charge in [-0.15, -0.1) is 0 Å². The smallest absolute Gasteiger partial charge is 0.0513 e. The number of rotatable bonds is 2. The molecule has 0 atom stereocenters. The third kappa shape index (κ3) is 2.93. The molecule has 2 N–H and O–H groups in total. The Balaban J connectivity index is 2.37. The minimum Gasteiger partial charge on any atom is -0.397 e. The highest BCUT2D eigenvalue weighted by Gasteiger charge is 2.06. The number of halogens is 1. The SMILES string of the molecule is Cc1ccc(Cl)cc1Sc1cc(N)cnc1C. The van der Waals surface area contributed by atoms with Crippen LogP contribution in [0, 0.1) is 13.8 Å². The molecule has 0 saturated carbocycles. The maximum Gasteiger partial charge on any atom is 0.0513 e. The molecular weight excluding hydrogens is 252 g/mol. The number of anilines is 1. The van der Waals surface area contributed by atoms with Crippen LogP contribution in [-0.2, 0) is 0 Å². The molecule has 2 nitrogen and oxygen atoms in total. The van der Waals surface area contributed by atoms with Crippen LogP contribution >= 0.6 is 23.4 Å². The van der Waals surface area contributed by atoms with Crippen LogP contribution in [0.3, 0.4) is 0 Å². The maximum absolute atomic E-state index is 6.00. The molecule has 0 radical (unpaired) electrons. The average Bonchev–Trinajstić information content (AvgIpc) is 2.28. The first-order valence-corrected chi connectivity index (χ1v) is 6.42. The highest BCUT2D eigenvalue weighted by molar-refractivity contribution is 7.99. The van der Waals surface area contributed by atoms with Gasteiger partial charge in [-0.3, -0.25) is 4.98 Å². The van der Waals surface area contributed by atoms with E-state index in [9.17, 15) is 0 Å². The fourth-order valence-electron chi connectivity index (χ4n) is 1.43. The summed E-state index contributed by atoms with van der Waals surface area (Å²) in [6, 6.07) is 7.81. The molecule has 0 unspecified atom stereocenters. The standard InChI is InChI=1S/C13H13ClN2S/c1-8-3-4-10(14)5-12(8)17-13-6-11(15)7-16-9(13)2/h3-7H,15H2,1-2H3. The van der Waals surface area contributed by atoms with Gasteiger partial charge in [-0.2, -0.15) is 0 Å². The third-order valence-electron chi connectivity index (χ3n) is 2.43. The van der Waals surface area contributed by atoms with E-state index in [1.807, 2.05) is 31.2 Å². The molecule has 0 bridgehead atoms. The van der Waals surface area contributed by atoms with Gasteiger partial charge in [0.15, 0.2) is 0 Å². The highest BCUT2D eigenvalue weighted by atomic mass is 35.5. The minimum atomic E-state index is 0.679. The normalized spacial score (nSPS) is 10.5. The van der Waals surface area contributed by atoms with Crippen LogP contribution in [0.4, 0.5) is 5.69 Å². The predicted molar refractivity (Wildman–Crippen MR) is 73.7 cm³/mol. The van der Waals surface area contributed by atoms with Gasteiger partial charge in [-0.05, 0) is 37.6 Å². The Bertz CT molecular complexity index is 506. The van der Waals surface area contributed by atoms with E-state index < -0.39 is 0 Å². The molecule has 0 amide bonds. The summed E-state index contributed by atoms with van der Waals surface area (Å²) in [5, 5.41) is 0.743. The zero-order valence-electron chi connectivity index (χ0n) is 9.70. The minimum absolute atomic E-state index is 0.679. The molecule has 0 fully saturated rings. The fourth-order valence-corrected chi connectivity index (χ4v) is 2.72. The summed E-state index contributed by atoms with van der Waals surface area (Å²) in [6.07, 6.45) is 1.67. The second kappa shape index (κ2) is 4.98. The van der Waals surface area contributed by atoms with Gasteiger partial charge in [-0.1, -0.05) is 29.4 Å². The monoisotopic (exact) mass is 264 g/mol. The van der Waals surface area contributed by atoms with Gasteiger partial charge < -0.3 is 5.73 Å². The Morgan fingerprint density at radius 1 is 1.18 bits per heavy atom. The molecule has 1 aromatic heterocycles. The number of nitrogens with two attached hydrogens (primary N) is 1. The van der Waals surface area contributed by atoms with Gasteiger partial charge in [0.1, 0.15) is 0 Å². The molecule has 17 heavy (non-hydrogen) atoms. The fraction of sp³-hybridized carbons (Fsp3) is 0.154. The second-order valence-electron chi connectivity index (χ2n) is 3.86. The van der Waals surface area contributed by atoms with Gasteiger partial charge in [-0.25, -0.2) is 0 Å². The predicted octanol–water partition coefficient (Wildman–Crippen LogP) is 4.09. The van der Waals surface area contributed by atoms with E-state index in [1.54, 1.807) is 18.0 Å². The number of nitrogens with zero attached hydrogens (tertiary/aromatic N) is 1. The van der Waals surface area contributed by atoms with Gasteiger partial charge >= 0.3 is 0 Å². The molecule has 0 saturated heterocycles. The van der Waals surface area contributed by atoms with Gasteiger partial charge in [0.25, 0.3) is 0 Å². The summed E-state index contributed by atoms with van der Waals surface area (Å²) in [5.74, 6) is 0. The van der Waals surface area contributed by atoms with Crippen molar-refractivity contribution in [1.29, 1.82) is 0 Å². The lowest BCUT2D eigenvalue weighted by atomic mass is 10.2. The Morgan fingerprint density at radius 2 is 1.94 bits per heavy atom. The lowest BCUT2D eigenvalue weighted by Crippen LogP contribution is -1.91. The summed E-state index contributed by atoms with van der Waals surface area (Å²) < 4.78 is 0. The Labute approximate surface area is 110 Å². The van der Waals surface area contributed by atoms with Crippen LogP contribution in [-0.4, -0.2) is 4.98 Å². The molecule has 2 rings (SSSR count). The molecule has 2 aromatic rings. The van der Waals surface area contributed by atoms with E-state index in [1.165, 1.54) is 5.56 Å². The van der Waals surface area contributed by atoms with Gasteiger partial charge in [0, 0.05) is 14.8 Å². The van der Waals surface area contributed by atoms with Crippen LogP contribution in [0.5, 0.6) is 0 Å². The summed E-state index contributed by atoms with van der Waals surface area (Å²) in [7, 11) is 0. The van der Waals surface area contributed by atoms with Crippen molar-refractivity contribution >= 4 is 29.1 Å². The molecule has 0 aliphatic rings. The maximum atomic E-state index is 6.00. The van der Waals surface area contributed by atoms with Crippen LogP contribution in [0.1, 0.15) is 11.3 Å². The number of aromatic nitrogens is 1. The zero-order chi connectivity index (χ0) is 12.4. The van der Waals surface area contributed by atoms with Crippen molar-refractivity contribution in [2.24, 2.45) is 0 Å². The van der Waals surface area contributed by atoms with E-state index in [0.717, 1.165) is 20.5 Å². The number of aryl methyl sites for hydroxylation is 2. The molecule has 0 aliphatic carbocycles. The van der Waals surface area contributed by atoms with Crippen LogP contribution in [0.2, 0.25) is 5.02 Å². The van der Waals surface area contributed by atoms with Crippen molar-refractivity contribution in [3.05, 3.63) is 46.7 Å². The first-order chi connectivity index (χ1) is 8.06. The molecule has 4 heteroatoms. The van der Waals surface area contributed by atoms with Crippen molar-refractivity contribution in [1.82, 2.24) is 4.98 Å². The van der Waals surface area contributed by atoms with Gasteiger partial charge in [0.2, 0.25) is 0 Å². The largest absolute Gasteiger partial charge is 0.397 e. The quantitative estimate of drug-likeness (QED) is 0.888. The molecule has 1 heterocycles. The number of benzene rings is 1. The first-order valence-electron chi connectivity index (χ1n) is 5.22. The first kappa shape index (κ1) is 12.3.